The molecule has 0 bridgehead atoms. The van der Waals surface area contributed by atoms with E-state index in [1.165, 1.54) is 0 Å². The minimum absolute atomic E-state index is 0.0556. The van der Waals surface area contributed by atoms with E-state index in [0.29, 0.717) is 13.1 Å². The van der Waals surface area contributed by atoms with Gasteiger partial charge in [-0.15, -0.1) is 0 Å². The normalized spacial score (nSPS) is 22.5. The molecule has 0 radical (unpaired) electrons. The van der Waals surface area contributed by atoms with E-state index < -0.39 is 11.4 Å². The molecule has 74 valence electrons. The Bertz CT molecular complexity index is 238. The van der Waals surface area contributed by atoms with Crippen LogP contribution in [-0.4, -0.2) is 41.9 Å². The Morgan fingerprint density at radius 3 is 2.85 bits per heavy atom. The predicted molar refractivity (Wildman–Crippen MR) is 47.9 cm³/mol. The Morgan fingerprint density at radius 1 is 1.69 bits per heavy atom. The number of carbonyl (C=O) groups excluding carboxylic acids is 2. The maximum atomic E-state index is 11.4. The zero-order valence-electron chi connectivity index (χ0n) is 7.96. The van der Waals surface area contributed by atoms with Crippen LogP contribution in [0.3, 0.4) is 0 Å². The molecule has 0 aromatic heterocycles. The highest BCUT2D eigenvalue weighted by molar-refractivity contribution is 5.87. The number of amides is 2. The van der Waals surface area contributed by atoms with Crippen molar-refractivity contribution in [2.75, 3.05) is 19.6 Å². The molecular weight excluding hydrogens is 170 g/mol. The van der Waals surface area contributed by atoms with Crippen LogP contribution < -0.4 is 11.1 Å². The molecule has 1 fully saturated rings. The van der Waals surface area contributed by atoms with E-state index in [-0.39, 0.29) is 12.5 Å². The maximum absolute atomic E-state index is 11.4. The second kappa shape index (κ2) is 3.33. The van der Waals surface area contributed by atoms with Crippen molar-refractivity contribution < 1.29 is 9.59 Å². The van der Waals surface area contributed by atoms with Crippen LogP contribution >= 0.6 is 0 Å². The molecule has 0 spiro atoms. The van der Waals surface area contributed by atoms with Crippen molar-refractivity contribution in [3.05, 3.63) is 0 Å². The summed E-state index contributed by atoms with van der Waals surface area (Å²) in [6.07, 6.45) is 0. The van der Waals surface area contributed by atoms with Crippen molar-refractivity contribution >= 4 is 11.8 Å². The Labute approximate surface area is 77.3 Å². The quantitative estimate of drug-likeness (QED) is 0.560. The first-order valence-corrected chi connectivity index (χ1v) is 4.26. The van der Waals surface area contributed by atoms with Gasteiger partial charge in [-0.25, -0.2) is 0 Å². The fourth-order valence-electron chi connectivity index (χ4n) is 1.41. The second-order valence-corrected chi connectivity index (χ2v) is 3.70. The van der Waals surface area contributed by atoms with Crippen LogP contribution in [0.1, 0.15) is 13.8 Å². The number of rotatable bonds is 2. The van der Waals surface area contributed by atoms with E-state index in [4.69, 9.17) is 5.73 Å². The number of hydrogen-bond donors (Lipinski definition) is 2. The van der Waals surface area contributed by atoms with Crippen LogP contribution in [0.25, 0.3) is 0 Å². The van der Waals surface area contributed by atoms with Crippen molar-refractivity contribution in [2.45, 2.75) is 19.4 Å². The number of carbonyl (C=O) groups is 2. The number of hydrogen-bond acceptors (Lipinski definition) is 3. The van der Waals surface area contributed by atoms with Crippen LogP contribution in [0.4, 0.5) is 0 Å². The largest absolute Gasteiger partial charge is 0.369 e. The molecule has 0 atom stereocenters. The van der Waals surface area contributed by atoms with Crippen molar-refractivity contribution in [3.8, 4) is 0 Å². The number of nitrogens with two attached hydrogens (primary N) is 1. The van der Waals surface area contributed by atoms with Gasteiger partial charge in [0, 0.05) is 13.1 Å². The molecule has 1 aliphatic heterocycles. The summed E-state index contributed by atoms with van der Waals surface area (Å²) in [5.41, 5.74) is 4.45. The molecule has 13 heavy (non-hydrogen) atoms. The lowest BCUT2D eigenvalue weighted by atomic mass is 9.99. The molecule has 0 aromatic rings. The molecule has 1 aliphatic rings. The Balaban J connectivity index is 2.72. The highest BCUT2D eigenvalue weighted by Crippen LogP contribution is 2.16. The lowest BCUT2D eigenvalue weighted by molar-refractivity contribution is -0.136. The van der Waals surface area contributed by atoms with Crippen LogP contribution in [0.5, 0.6) is 0 Å². The summed E-state index contributed by atoms with van der Waals surface area (Å²) >= 11 is 0. The number of nitrogens with zero attached hydrogens (tertiary/aromatic N) is 1. The number of nitrogens with one attached hydrogen (secondary N) is 1. The van der Waals surface area contributed by atoms with Crippen LogP contribution in [-0.2, 0) is 9.59 Å². The van der Waals surface area contributed by atoms with Gasteiger partial charge in [0.25, 0.3) is 0 Å². The van der Waals surface area contributed by atoms with E-state index in [2.05, 4.69) is 5.32 Å². The lowest BCUT2D eigenvalue weighted by Gasteiger charge is -2.40. The zero-order chi connectivity index (χ0) is 10.1. The summed E-state index contributed by atoms with van der Waals surface area (Å²) in [5.74, 6) is -0.456. The molecule has 5 nitrogen and oxygen atoms in total. The highest BCUT2D eigenvalue weighted by atomic mass is 16.2. The molecule has 1 rings (SSSR count). The smallest absolute Gasteiger partial charge is 0.240 e. The van der Waals surface area contributed by atoms with Crippen LogP contribution in [0.15, 0.2) is 0 Å². The summed E-state index contributed by atoms with van der Waals surface area (Å²) in [6.45, 7) is 4.95. The van der Waals surface area contributed by atoms with E-state index in [1.807, 2.05) is 0 Å². The van der Waals surface area contributed by atoms with Gasteiger partial charge in [0.1, 0.15) is 0 Å². The third-order valence-electron chi connectivity index (χ3n) is 2.36. The van der Waals surface area contributed by atoms with Crippen molar-refractivity contribution in [2.24, 2.45) is 5.73 Å². The Morgan fingerprint density at radius 2 is 2.31 bits per heavy atom. The molecule has 0 saturated carbocycles. The summed E-state index contributed by atoms with van der Waals surface area (Å²) in [6, 6.07) is 0. The SMILES string of the molecule is CC1(C)C(=O)NCCN1CC(N)=O. The van der Waals surface area contributed by atoms with Gasteiger partial charge in [-0.3, -0.25) is 14.5 Å². The van der Waals surface area contributed by atoms with E-state index >= 15 is 0 Å². The van der Waals surface area contributed by atoms with Crippen molar-refractivity contribution in [1.82, 2.24) is 10.2 Å². The standard InChI is InChI=1S/C8H15N3O2/c1-8(2)7(13)10-3-4-11(8)5-6(9)12/h3-5H2,1-2H3,(H2,9,12)(H,10,13). The second-order valence-electron chi connectivity index (χ2n) is 3.70. The molecule has 0 unspecified atom stereocenters. The highest BCUT2D eigenvalue weighted by Gasteiger charge is 2.37. The zero-order valence-corrected chi connectivity index (χ0v) is 7.96. The average molecular weight is 185 g/mol. The van der Waals surface area contributed by atoms with E-state index in [1.54, 1.807) is 18.7 Å². The lowest BCUT2D eigenvalue weighted by Crippen LogP contribution is -2.63. The number of primary amides is 1. The summed E-state index contributed by atoms with van der Waals surface area (Å²) in [7, 11) is 0. The van der Waals surface area contributed by atoms with E-state index in [0.717, 1.165) is 0 Å². The topological polar surface area (TPSA) is 75.4 Å². The third kappa shape index (κ3) is 1.98. The number of piperazine rings is 1. The van der Waals surface area contributed by atoms with Crippen LogP contribution in [0.2, 0.25) is 0 Å². The fourth-order valence-corrected chi connectivity index (χ4v) is 1.41. The Hall–Kier alpha value is -1.10. The van der Waals surface area contributed by atoms with E-state index in [9.17, 15) is 9.59 Å². The minimum atomic E-state index is -0.632. The van der Waals surface area contributed by atoms with Gasteiger partial charge < -0.3 is 11.1 Å². The predicted octanol–water partition coefficient (Wildman–Crippen LogP) is -1.32. The van der Waals surface area contributed by atoms with Gasteiger partial charge in [-0.1, -0.05) is 0 Å². The molecule has 3 N–H and O–H groups in total. The molecule has 0 aliphatic carbocycles. The molecule has 2 amide bonds. The molecule has 1 heterocycles. The van der Waals surface area contributed by atoms with Gasteiger partial charge in [0.05, 0.1) is 12.1 Å². The fraction of sp³-hybridized carbons (Fsp3) is 0.750. The molecule has 5 heteroatoms. The van der Waals surface area contributed by atoms with Crippen molar-refractivity contribution in [1.29, 1.82) is 0 Å². The molecule has 1 saturated heterocycles. The van der Waals surface area contributed by atoms with Gasteiger partial charge in [-0.2, -0.15) is 0 Å². The van der Waals surface area contributed by atoms with Gasteiger partial charge in [0.15, 0.2) is 0 Å². The summed E-state index contributed by atoms with van der Waals surface area (Å²) in [4.78, 5) is 23.9. The average Bonchev–Trinajstić information content (AvgIpc) is 1.99. The van der Waals surface area contributed by atoms with Gasteiger partial charge >= 0.3 is 0 Å². The Kier molecular flexibility index (Phi) is 2.56. The first kappa shape index (κ1) is 9.98. The molecular formula is C8H15N3O2. The van der Waals surface area contributed by atoms with Crippen LogP contribution in [0, 0.1) is 0 Å². The van der Waals surface area contributed by atoms with Crippen molar-refractivity contribution in [3.63, 3.8) is 0 Å². The van der Waals surface area contributed by atoms with Gasteiger partial charge in [-0.05, 0) is 13.8 Å². The monoisotopic (exact) mass is 185 g/mol. The summed E-state index contributed by atoms with van der Waals surface area (Å²) < 4.78 is 0. The third-order valence-corrected chi connectivity index (χ3v) is 2.36. The minimum Gasteiger partial charge on any atom is -0.369 e. The first-order valence-electron chi connectivity index (χ1n) is 4.26. The maximum Gasteiger partial charge on any atom is 0.240 e. The molecule has 0 aromatic carbocycles. The first-order chi connectivity index (χ1) is 5.94. The summed E-state index contributed by atoms with van der Waals surface area (Å²) in [5, 5.41) is 2.74. The van der Waals surface area contributed by atoms with Gasteiger partial charge in [0.2, 0.25) is 11.8 Å².